The zero-order chi connectivity index (χ0) is 27.7. The summed E-state index contributed by atoms with van der Waals surface area (Å²) in [4.78, 5) is 22.6. The van der Waals surface area contributed by atoms with E-state index in [0.29, 0.717) is 21.3 Å². The maximum absolute atomic E-state index is 13.0. The molecule has 1 aliphatic rings. The van der Waals surface area contributed by atoms with E-state index >= 15 is 0 Å². The highest BCUT2D eigenvalue weighted by Gasteiger charge is 2.38. The van der Waals surface area contributed by atoms with Gasteiger partial charge in [-0.15, -0.1) is 0 Å². The predicted molar refractivity (Wildman–Crippen MR) is 159 cm³/mol. The smallest absolute Gasteiger partial charge is 0.252 e. The van der Waals surface area contributed by atoms with E-state index in [4.69, 9.17) is 23.2 Å². The molecule has 3 heterocycles. The second-order valence-corrected chi connectivity index (χ2v) is 11.0. The number of nitriles is 1. The van der Waals surface area contributed by atoms with Crippen molar-refractivity contribution in [3.63, 3.8) is 0 Å². The zero-order valence-corrected chi connectivity index (χ0v) is 23.8. The summed E-state index contributed by atoms with van der Waals surface area (Å²) in [6, 6.07) is 23.8. The first-order valence-corrected chi connectivity index (χ1v) is 14.0. The Morgan fingerprint density at radius 2 is 1.51 bits per heavy atom. The predicted octanol–water partition coefficient (Wildman–Crippen LogP) is 6.58. The SMILES string of the molecule is CCC1CN(c2cc(=O)n(C)c3ccc(C#N)nc23)[C@@H](CC)CN1C(c1ccc(Cl)cc1)c1ccc(Cl)cc1. The molecule has 1 aliphatic heterocycles. The van der Waals surface area contributed by atoms with Crippen LogP contribution in [0.15, 0.2) is 71.5 Å². The molecule has 2 atom stereocenters. The molecule has 0 bridgehead atoms. The lowest BCUT2D eigenvalue weighted by atomic mass is 9.91. The summed E-state index contributed by atoms with van der Waals surface area (Å²) in [7, 11) is 1.75. The number of pyridine rings is 2. The van der Waals surface area contributed by atoms with Crippen molar-refractivity contribution in [2.75, 3.05) is 18.0 Å². The molecule has 1 unspecified atom stereocenters. The van der Waals surface area contributed by atoms with Gasteiger partial charge in [0.2, 0.25) is 0 Å². The summed E-state index contributed by atoms with van der Waals surface area (Å²) >= 11 is 12.5. The average molecular weight is 561 g/mol. The third-order valence-electron chi connectivity index (χ3n) is 7.88. The van der Waals surface area contributed by atoms with Crippen molar-refractivity contribution in [3.05, 3.63) is 104 Å². The van der Waals surface area contributed by atoms with Gasteiger partial charge in [0.1, 0.15) is 17.3 Å². The first-order chi connectivity index (χ1) is 18.8. The van der Waals surface area contributed by atoms with Gasteiger partial charge >= 0.3 is 0 Å². The molecule has 39 heavy (non-hydrogen) atoms. The molecule has 0 saturated carbocycles. The molecule has 0 spiro atoms. The van der Waals surface area contributed by atoms with E-state index in [1.54, 1.807) is 23.7 Å². The number of hydrogen-bond acceptors (Lipinski definition) is 5. The van der Waals surface area contributed by atoms with Gasteiger partial charge in [-0.3, -0.25) is 9.69 Å². The number of aryl methyl sites for hydroxylation is 1. The molecule has 0 radical (unpaired) electrons. The molecule has 2 aromatic carbocycles. The number of rotatable bonds is 6. The Labute approximate surface area is 239 Å². The molecule has 5 rings (SSSR count). The number of fused-ring (bicyclic) bond motifs is 1. The molecule has 2 aromatic heterocycles. The summed E-state index contributed by atoms with van der Waals surface area (Å²) < 4.78 is 1.60. The van der Waals surface area contributed by atoms with Crippen molar-refractivity contribution in [2.45, 2.75) is 44.8 Å². The Hall–Kier alpha value is -3.37. The molecular formula is C31H31Cl2N5O. The van der Waals surface area contributed by atoms with Crippen molar-refractivity contribution in [1.82, 2.24) is 14.5 Å². The quantitative estimate of drug-likeness (QED) is 0.267. The second-order valence-electron chi connectivity index (χ2n) is 10.1. The summed E-state index contributed by atoms with van der Waals surface area (Å²) in [6.45, 7) is 5.91. The largest absolute Gasteiger partial charge is 0.364 e. The van der Waals surface area contributed by atoms with Crippen LogP contribution in [0.3, 0.4) is 0 Å². The van der Waals surface area contributed by atoms with Crippen LogP contribution in [-0.4, -0.2) is 39.6 Å². The Morgan fingerprint density at radius 3 is 2.05 bits per heavy atom. The lowest BCUT2D eigenvalue weighted by molar-refractivity contribution is 0.111. The Kier molecular flexibility index (Phi) is 7.95. The summed E-state index contributed by atoms with van der Waals surface area (Å²) in [5.41, 5.74) is 4.79. The molecule has 8 heteroatoms. The van der Waals surface area contributed by atoms with Crippen LogP contribution >= 0.6 is 23.2 Å². The van der Waals surface area contributed by atoms with E-state index in [9.17, 15) is 10.1 Å². The number of halogens is 2. The molecule has 6 nitrogen and oxygen atoms in total. The van der Waals surface area contributed by atoms with Gasteiger partial charge in [-0.05, 0) is 60.4 Å². The minimum Gasteiger partial charge on any atom is -0.364 e. The molecule has 0 aliphatic carbocycles. The highest BCUT2D eigenvalue weighted by molar-refractivity contribution is 6.30. The summed E-state index contributed by atoms with van der Waals surface area (Å²) in [6.07, 6.45) is 1.81. The van der Waals surface area contributed by atoms with E-state index in [1.165, 1.54) is 11.1 Å². The fourth-order valence-corrected chi connectivity index (χ4v) is 6.01. The van der Waals surface area contributed by atoms with Gasteiger partial charge in [-0.1, -0.05) is 61.3 Å². The summed E-state index contributed by atoms with van der Waals surface area (Å²) in [5, 5.41) is 10.9. The molecule has 1 fully saturated rings. The monoisotopic (exact) mass is 559 g/mol. The van der Waals surface area contributed by atoms with Crippen LogP contribution in [0.5, 0.6) is 0 Å². The fourth-order valence-electron chi connectivity index (χ4n) is 5.75. The van der Waals surface area contributed by atoms with Gasteiger partial charge in [-0.2, -0.15) is 5.26 Å². The van der Waals surface area contributed by atoms with Gasteiger partial charge in [0, 0.05) is 48.3 Å². The molecule has 0 N–H and O–H groups in total. The summed E-state index contributed by atoms with van der Waals surface area (Å²) in [5.74, 6) is 0. The number of anilines is 1. The minimum absolute atomic E-state index is 0.0180. The first-order valence-electron chi connectivity index (χ1n) is 13.3. The number of benzene rings is 2. The van der Waals surface area contributed by atoms with Crippen molar-refractivity contribution < 1.29 is 0 Å². The zero-order valence-electron chi connectivity index (χ0n) is 22.3. The number of aromatic nitrogens is 2. The Morgan fingerprint density at radius 1 is 0.923 bits per heavy atom. The van der Waals surface area contributed by atoms with E-state index in [0.717, 1.165) is 37.1 Å². The molecule has 1 saturated heterocycles. The van der Waals surface area contributed by atoms with E-state index < -0.39 is 0 Å². The average Bonchev–Trinajstić information content (AvgIpc) is 2.96. The van der Waals surface area contributed by atoms with Gasteiger partial charge in [0.15, 0.2) is 0 Å². The van der Waals surface area contributed by atoms with E-state index in [-0.39, 0.29) is 23.7 Å². The molecule has 0 amide bonds. The van der Waals surface area contributed by atoms with Crippen molar-refractivity contribution in [1.29, 1.82) is 5.26 Å². The van der Waals surface area contributed by atoms with Gasteiger partial charge in [0.25, 0.3) is 5.56 Å². The highest BCUT2D eigenvalue weighted by atomic mass is 35.5. The van der Waals surface area contributed by atoms with Gasteiger partial charge < -0.3 is 9.47 Å². The Balaban J connectivity index is 1.61. The van der Waals surface area contributed by atoms with Crippen molar-refractivity contribution in [2.24, 2.45) is 7.05 Å². The number of hydrogen-bond donors (Lipinski definition) is 0. The van der Waals surface area contributed by atoms with Crippen molar-refractivity contribution >= 4 is 39.9 Å². The standard InChI is InChI=1S/C31H31Cl2N5O/c1-4-25-19-38(31(20-6-10-22(32)11-7-20)21-8-12-23(33)13-9-21)26(5-2)18-37(25)28-16-29(39)36(3)27-15-14-24(17-34)35-30(27)28/h6-16,25-26,31H,4-5,18-19H2,1-3H3/t25-,26?/m0/s1. The lowest BCUT2D eigenvalue weighted by Crippen LogP contribution is -2.59. The fraction of sp³-hybridized carbons (Fsp3) is 0.323. The Bertz CT molecular complexity index is 1530. The second kappa shape index (κ2) is 11.4. The lowest BCUT2D eigenvalue weighted by Gasteiger charge is -2.50. The van der Waals surface area contributed by atoms with Crippen LogP contribution in [0.4, 0.5) is 5.69 Å². The molecule has 4 aromatic rings. The topological polar surface area (TPSA) is 65.2 Å². The third-order valence-corrected chi connectivity index (χ3v) is 8.38. The van der Waals surface area contributed by atoms with Crippen LogP contribution in [-0.2, 0) is 7.05 Å². The normalized spacial score (nSPS) is 18.0. The third kappa shape index (κ3) is 5.27. The van der Waals surface area contributed by atoms with E-state index in [2.05, 4.69) is 59.0 Å². The van der Waals surface area contributed by atoms with Crippen LogP contribution in [0.1, 0.15) is 49.6 Å². The van der Waals surface area contributed by atoms with E-state index in [1.807, 2.05) is 30.3 Å². The molecular weight excluding hydrogens is 529 g/mol. The van der Waals surface area contributed by atoms with Crippen molar-refractivity contribution in [3.8, 4) is 6.07 Å². The molecule has 200 valence electrons. The van der Waals surface area contributed by atoms with Crippen LogP contribution in [0, 0.1) is 11.3 Å². The van der Waals surface area contributed by atoms with Crippen LogP contribution in [0.2, 0.25) is 10.0 Å². The number of piperazine rings is 1. The highest BCUT2D eigenvalue weighted by Crippen LogP contribution is 2.38. The van der Waals surface area contributed by atoms with Crippen LogP contribution < -0.4 is 10.5 Å². The first kappa shape index (κ1) is 27.2. The van der Waals surface area contributed by atoms with Gasteiger partial charge in [-0.25, -0.2) is 4.98 Å². The maximum Gasteiger partial charge on any atom is 0.252 e. The number of nitrogens with zero attached hydrogens (tertiary/aromatic N) is 5. The maximum atomic E-state index is 13.0. The minimum atomic E-state index is -0.0884. The van der Waals surface area contributed by atoms with Crippen LogP contribution in [0.25, 0.3) is 11.0 Å². The van der Waals surface area contributed by atoms with Gasteiger partial charge in [0.05, 0.1) is 17.2 Å².